The smallest absolute Gasteiger partial charge is 0.312 e. The Morgan fingerprint density at radius 3 is 2.81 bits per heavy atom. The first-order chi connectivity index (χ1) is 10.1. The Kier molecular flexibility index (Phi) is 3.39. The van der Waals surface area contributed by atoms with E-state index in [0.717, 1.165) is 0 Å². The van der Waals surface area contributed by atoms with Crippen LogP contribution in [0.1, 0.15) is 21.2 Å². The molecule has 0 aliphatic carbocycles. The Labute approximate surface area is 125 Å². The van der Waals surface area contributed by atoms with E-state index in [1.165, 1.54) is 16.2 Å². The summed E-state index contributed by atoms with van der Waals surface area (Å²) in [4.78, 5) is 26.0. The van der Waals surface area contributed by atoms with Crippen LogP contribution in [-0.4, -0.2) is 30.6 Å². The van der Waals surface area contributed by atoms with Crippen molar-refractivity contribution in [1.82, 2.24) is 0 Å². The number of benzene rings is 1. The van der Waals surface area contributed by atoms with E-state index >= 15 is 0 Å². The molecule has 21 heavy (non-hydrogen) atoms. The third-order valence-corrected chi connectivity index (χ3v) is 4.43. The molecule has 5 nitrogen and oxygen atoms in total. The van der Waals surface area contributed by atoms with Crippen molar-refractivity contribution >= 4 is 28.9 Å². The Morgan fingerprint density at radius 2 is 2.14 bits per heavy atom. The lowest BCUT2D eigenvalue weighted by Gasteiger charge is -2.16. The second-order valence-electron chi connectivity index (χ2n) is 4.72. The van der Waals surface area contributed by atoms with Gasteiger partial charge in [-0.2, -0.15) is 0 Å². The number of carbonyl (C=O) groups is 2. The third kappa shape index (κ3) is 2.27. The first kappa shape index (κ1) is 13.6. The van der Waals surface area contributed by atoms with Crippen LogP contribution in [0.3, 0.4) is 0 Å². The molecule has 1 aliphatic rings. The van der Waals surface area contributed by atoms with Crippen LogP contribution in [0.25, 0.3) is 0 Å². The lowest BCUT2D eigenvalue weighted by Crippen LogP contribution is -2.30. The van der Waals surface area contributed by atoms with Crippen LogP contribution in [0, 0.1) is 0 Å². The maximum absolute atomic E-state index is 12.6. The number of nitrogens with zero attached hydrogens (tertiary/aromatic N) is 1. The van der Waals surface area contributed by atoms with Crippen molar-refractivity contribution in [1.29, 1.82) is 0 Å². The van der Waals surface area contributed by atoms with Crippen molar-refractivity contribution in [2.24, 2.45) is 0 Å². The summed E-state index contributed by atoms with van der Waals surface area (Å²) >= 11 is 1.29. The van der Waals surface area contributed by atoms with Crippen LogP contribution >= 0.6 is 11.3 Å². The first-order valence-corrected chi connectivity index (χ1v) is 7.26. The normalized spacial score (nSPS) is 16.6. The number of methoxy groups -OCH3 is 1. The van der Waals surface area contributed by atoms with Crippen molar-refractivity contribution in [3.8, 4) is 5.75 Å². The quantitative estimate of drug-likeness (QED) is 0.946. The minimum Gasteiger partial charge on any atom is -0.496 e. The monoisotopic (exact) mass is 303 g/mol. The summed E-state index contributed by atoms with van der Waals surface area (Å²) in [5, 5.41) is 11.1. The standard InChI is InChI=1S/C15H13NO4S/c1-20-9-6-13(21-8-9)14(17)16-7-11(15(18)19)10-4-2-3-5-12(10)16/h2-6,8,11H,7H2,1H3,(H,18,19). The molecule has 1 N–H and O–H groups in total. The summed E-state index contributed by atoms with van der Waals surface area (Å²) in [6.45, 7) is 0.160. The summed E-state index contributed by atoms with van der Waals surface area (Å²) in [6.07, 6.45) is 0. The van der Waals surface area contributed by atoms with E-state index < -0.39 is 11.9 Å². The van der Waals surface area contributed by atoms with Crippen LogP contribution in [0.2, 0.25) is 0 Å². The molecule has 0 fully saturated rings. The number of amides is 1. The predicted molar refractivity (Wildman–Crippen MR) is 79.4 cm³/mol. The van der Waals surface area contributed by atoms with Gasteiger partial charge in [-0.1, -0.05) is 18.2 Å². The molecule has 1 unspecified atom stereocenters. The van der Waals surface area contributed by atoms with Gasteiger partial charge in [0.25, 0.3) is 5.91 Å². The van der Waals surface area contributed by atoms with Crippen LogP contribution in [0.5, 0.6) is 5.75 Å². The van der Waals surface area contributed by atoms with Crippen molar-refractivity contribution in [2.45, 2.75) is 5.92 Å². The zero-order valence-electron chi connectivity index (χ0n) is 11.3. The molecule has 3 rings (SSSR count). The fraction of sp³-hybridized carbons (Fsp3) is 0.200. The van der Waals surface area contributed by atoms with Crippen LogP contribution in [0.15, 0.2) is 35.7 Å². The molecular weight excluding hydrogens is 290 g/mol. The average Bonchev–Trinajstić information content (AvgIpc) is 3.11. The molecule has 108 valence electrons. The van der Waals surface area contributed by atoms with Crippen molar-refractivity contribution in [3.63, 3.8) is 0 Å². The zero-order valence-corrected chi connectivity index (χ0v) is 12.1. The van der Waals surface area contributed by atoms with Gasteiger partial charge >= 0.3 is 5.97 Å². The topological polar surface area (TPSA) is 66.8 Å². The highest BCUT2D eigenvalue weighted by Crippen LogP contribution is 2.38. The number of carboxylic acids is 1. The van der Waals surface area contributed by atoms with Crippen LogP contribution in [-0.2, 0) is 4.79 Å². The number of thiophene rings is 1. The van der Waals surface area contributed by atoms with Gasteiger partial charge in [0.2, 0.25) is 0 Å². The number of aliphatic carboxylic acids is 1. The molecule has 0 bridgehead atoms. The van der Waals surface area contributed by atoms with Gasteiger partial charge in [-0.3, -0.25) is 9.59 Å². The molecular formula is C15H13NO4S. The maximum atomic E-state index is 12.6. The van der Waals surface area contributed by atoms with Crippen molar-refractivity contribution < 1.29 is 19.4 Å². The molecule has 0 saturated carbocycles. The molecule has 1 atom stereocenters. The van der Waals surface area contributed by atoms with E-state index in [1.807, 2.05) is 0 Å². The summed E-state index contributed by atoms with van der Waals surface area (Å²) < 4.78 is 5.08. The zero-order chi connectivity index (χ0) is 15.0. The van der Waals surface area contributed by atoms with Gasteiger partial charge in [-0.05, 0) is 11.6 Å². The van der Waals surface area contributed by atoms with Gasteiger partial charge in [0.15, 0.2) is 0 Å². The Balaban J connectivity index is 1.96. The summed E-state index contributed by atoms with van der Waals surface area (Å²) in [5.74, 6) is -1.15. The third-order valence-electron chi connectivity index (χ3n) is 3.53. The highest BCUT2D eigenvalue weighted by atomic mass is 32.1. The maximum Gasteiger partial charge on any atom is 0.312 e. The number of hydrogen-bond acceptors (Lipinski definition) is 4. The number of carboxylic acid groups (broad SMARTS) is 1. The molecule has 1 aromatic carbocycles. The number of hydrogen-bond donors (Lipinski definition) is 1. The Bertz CT molecular complexity index is 709. The van der Waals surface area contributed by atoms with Gasteiger partial charge in [-0.25, -0.2) is 0 Å². The van der Waals surface area contributed by atoms with Gasteiger partial charge in [0.1, 0.15) is 11.7 Å². The molecule has 1 aliphatic heterocycles. The SMILES string of the molecule is COc1csc(C(=O)N2CC(C(=O)O)c3ccccc32)c1. The number of carbonyl (C=O) groups excluding carboxylic acids is 1. The largest absolute Gasteiger partial charge is 0.496 e. The summed E-state index contributed by atoms with van der Waals surface area (Å²) in [7, 11) is 1.54. The Morgan fingerprint density at radius 1 is 1.38 bits per heavy atom. The molecule has 1 aromatic heterocycles. The van der Waals surface area contributed by atoms with Crippen LogP contribution < -0.4 is 9.64 Å². The molecule has 0 radical (unpaired) electrons. The van der Waals surface area contributed by atoms with E-state index in [1.54, 1.807) is 42.8 Å². The van der Waals surface area contributed by atoms with Gasteiger partial charge in [0.05, 0.1) is 12.0 Å². The molecule has 2 aromatic rings. The lowest BCUT2D eigenvalue weighted by atomic mass is 10.0. The minimum absolute atomic E-state index is 0.160. The van der Waals surface area contributed by atoms with E-state index in [-0.39, 0.29) is 12.5 Å². The fourth-order valence-electron chi connectivity index (χ4n) is 2.48. The predicted octanol–water partition coefficient (Wildman–Crippen LogP) is 2.59. The summed E-state index contributed by atoms with van der Waals surface area (Å²) in [5.41, 5.74) is 1.35. The number of fused-ring (bicyclic) bond motifs is 1. The molecule has 6 heteroatoms. The van der Waals surface area contributed by atoms with Gasteiger partial charge in [-0.15, -0.1) is 11.3 Å². The number of anilines is 1. The number of ether oxygens (including phenoxy) is 1. The molecule has 0 spiro atoms. The number of rotatable bonds is 3. The molecule has 0 saturated heterocycles. The van der Waals surface area contributed by atoms with Crippen molar-refractivity contribution in [2.75, 3.05) is 18.6 Å². The first-order valence-electron chi connectivity index (χ1n) is 6.38. The minimum atomic E-state index is -0.915. The molecule has 2 heterocycles. The highest BCUT2D eigenvalue weighted by Gasteiger charge is 2.36. The second kappa shape index (κ2) is 5.21. The number of para-hydroxylation sites is 1. The van der Waals surface area contributed by atoms with E-state index in [0.29, 0.717) is 21.9 Å². The van der Waals surface area contributed by atoms with E-state index in [2.05, 4.69) is 0 Å². The molecule has 1 amide bonds. The van der Waals surface area contributed by atoms with E-state index in [9.17, 15) is 14.7 Å². The van der Waals surface area contributed by atoms with Crippen molar-refractivity contribution in [3.05, 3.63) is 46.2 Å². The fourth-order valence-corrected chi connectivity index (χ4v) is 3.28. The van der Waals surface area contributed by atoms with Gasteiger partial charge < -0.3 is 14.7 Å². The van der Waals surface area contributed by atoms with Gasteiger partial charge in [0, 0.05) is 23.7 Å². The summed E-state index contributed by atoms with van der Waals surface area (Å²) in [6, 6.07) is 8.80. The Hall–Kier alpha value is -2.34. The lowest BCUT2D eigenvalue weighted by molar-refractivity contribution is -0.138. The second-order valence-corrected chi connectivity index (χ2v) is 5.63. The highest BCUT2D eigenvalue weighted by molar-refractivity contribution is 7.12. The average molecular weight is 303 g/mol. The van der Waals surface area contributed by atoms with Crippen LogP contribution in [0.4, 0.5) is 5.69 Å². The van der Waals surface area contributed by atoms with E-state index in [4.69, 9.17) is 4.74 Å².